The number of benzene rings is 2. The third kappa shape index (κ3) is 4.43. The van der Waals surface area contributed by atoms with Crippen LogP contribution in [0.15, 0.2) is 60.8 Å². The molecule has 2 aromatic carbocycles. The number of nitrogens with zero attached hydrogens (tertiary/aromatic N) is 1. The normalized spacial score (nSPS) is 11.7. The monoisotopic (exact) mass is 395 g/mol. The van der Waals surface area contributed by atoms with Crippen LogP contribution in [0.5, 0.6) is 5.75 Å². The summed E-state index contributed by atoms with van der Waals surface area (Å²) in [7, 11) is 0. The minimum Gasteiger partial charge on any atom is -0.482 e. The lowest BCUT2D eigenvalue weighted by atomic mass is 9.98. The smallest absolute Gasteiger partial charge is 0.255 e. The molecule has 1 amide bonds. The number of halogens is 1. The lowest BCUT2D eigenvalue weighted by molar-refractivity contribution is 0.102. The third-order valence-electron chi connectivity index (χ3n) is 4.42. The fraction of sp³-hybridized carbons (Fsp3) is 0.182. The van der Waals surface area contributed by atoms with Gasteiger partial charge in [-0.3, -0.25) is 4.79 Å². The molecule has 0 fully saturated rings. The Bertz CT molecular complexity index is 977. The van der Waals surface area contributed by atoms with E-state index in [0.29, 0.717) is 22.0 Å². The number of pyridine rings is 1. The molecule has 28 heavy (non-hydrogen) atoms. The van der Waals surface area contributed by atoms with E-state index in [1.807, 2.05) is 43.3 Å². The Labute approximate surface area is 169 Å². The van der Waals surface area contributed by atoms with Crippen molar-refractivity contribution < 1.29 is 9.53 Å². The van der Waals surface area contributed by atoms with Crippen LogP contribution in [0.1, 0.15) is 41.4 Å². The van der Waals surface area contributed by atoms with Crippen LogP contribution in [-0.4, -0.2) is 10.9 Å². The highest BCUT2D eigenvalue weighted by molar-refractivity contribution is 6.30. The summed E-state index contributed by atoms with van der Waals surface area (Å²) in [5.74, 6) is 0.498. The van der Waals surface area contributed by atoms with Crippen LogP contribution in [0.2, 0.25) is 5.02 Å². The van der Waals surface area contributed by atoms with Crippen molar-refractivity contribution in [2.75, 3.05) is 11.1 Å². The molecule has 0 saturated carbocycles. The van der Waals surface area contributed by atoms with Gasteiger partial charge in [0.15, 0.2) is 11.6 Å². The van der Waals surface area contributed by atoms with Gasteiger partial charge in [0.05, 0.1) is 5.02 Å². The largest absolute Gasteiger partial charge is 0.482 e. The second-order valence-corrected chi connectivity index (χ2v) is 6.79. The number of carbonyl (C=O) groups excluding carboxylic acids is 1. The van der Waals surface area contributed by atoms with E-state index in [2.05, 4.69) is 17.2 Å². The number of ether oxygens (including phenoxy) is 1. The lowest BCUT2D eigenvalue weighted by Crippen LogP contribution is -2.17. The van der Waals surface area contributed by atoms with Gasteiger partial charge in [0.25, 0.3) is 5.91 Å². The molecule has 3 N–H and O–H groups in total. The summed E-state index contributed by atoms with van der Waals surface area (Å²) >= 11 is 6.02. The van der Waals surface area contributed by atoms with E-state index < -0.39 is 0 Å². The summed E-state index contributed by atoms with van der Waals surface area (Å²) in [6, 6.07) is 16.5. The van der Waals surface area contributed by atoms with Gasteiger partial charge in [-0.05, 0) is 37.1 Å². The van der Waals surface area contributed by atoms with E-state index in [-0.39, 0.29) is 17.8 Å². The molecule has 3 aromatic rings. The van der Waals surface area contributed by atoms with Crippen molar-refractivity contribution >= 4 is 29.0 Å². The Hall–Kier alpha value is -3.05. The number of carbonyl (C=O) groups is 1. The van der Waals surface area contributed by atoms with Crippen molar-refractivity contribution in [3.63, 3.8) is 0 Å². The van der Waals surface area contributed by atoms with Gasteiger partial charge in [0.2, 0.25) is 0 Å². The number of nitrogens with two attached hydrogens (primary N) is 1. The third-order valence-corrected chi connectivity index (χ3v) is 4.63. The van der Waals surface area contributed by atoms with Crippen LogP contribution >= 0.6 is 11.6 Å². The second-order valence-electron chi connectivity index (χ2n) is 6.35. The van der Waals surface area contributed by atoms with E-state index >= 15 is 0 Å². The van der Waals surface area contributed by atoms with Crippen LogP contribution < -0.4 is 15.8 Å². The summed E-state index contributed by atoms with van der Waals surface area (Å²) in [6.07, 6.45) is 1.89. The first-order chi connectivity index (χ1) is 13.5. The van der Waals surface area contributed by atoms with E-state index in [1.165, 1.54) is 6.20 Å². The number of aromatic nitrogens is 1. The Morgan fingerprint density at radius 3 is 2.68 bits per heavy atom. The maximum Gasteiger partial charge on any atom is 0.255 e. The molecule has 1 atom stereocenters. The number of amides is 1. The highest BCUT2D eigenvalue weighted by Crippen LogP contribution is 2.33. The maximum absolute atomic E-state index is 12.6. The molecule has 1 aromatic heterocycles. The molecule has 0 aliphatic carbocycles. The number of aryl methyl sites for hydroxylation is 1. The summed E-state index contributed by atoms with van der Waals surface area (Å²) in [5.41, 5.74) is 9.18. The molecule has 0 unspecified atom stereocenters. The van der Waals surface area contributed by atoms with Gasteiger partial charge in [0, 0.05) is 29.1 Å². The Kier molecular flexibility index (Phi) is 6.16. The van der Waals surface area contributed by atoms with Crippen LogP contribution in [-0.2, 0) is 6.42 Å². The highest BCUT2D eigenvalue weighted by atomic mass is 35.5. The first-order valence-corrected chi connectivity index (χ1v) is 9.43. The molecule has 5 nitrogen and oxygen atoms in total. The molecule has 0 aliphatic heterocycles. The van der Waals surface area contributed by atoms with Crippen LogP contribution in [0.3, 0.4) is 0 Å². The van der Waals surface area contributed by atoms with Crippen molar-refractivity contribution in [2.45, 2.75) is 26.4 Å². The van der Waals surface area contributed by atoms with E-state index in [0.717, 1.165) is 17.5 Å². The van der Waals surface area contributed by atoms with Gasteiger partial charge < -0.3 is 15.8 Å². The number of nitrogens with one attached hydrogen (secondary N) is 1. The van der Waals surface area contributed by atoms with E-state index in [1.54, 1.807) is 18.2 Å². The quantitative estimate of drug-likeness (QED) is 0.595. The minimum absolute atomic E-state index is 0.175. The molecule has 3 rings (SSSR count). The Morgan fingerprint density at radius 2 is 1.96 bits per heavy atom. The molecular weight excluding hydrogens is 374 g/mol. The number of rotatable bonds is 6. The van der Waals surface area contributed by atoms with Gasteiger partial charge >= 0.3 is 0 Å². The number of hydrogen-bond acceptors (Lipinski definition) is 4. The standard InChI is InChI=1S/C22H22ClN3O2/c1-3-15-10-7-11-18(26-22(27)16-8-5-4-6-9-16)20(15)14(2)28-19-12-17(23)13-25-21(19)24/h4-14H,3H2,1-2H3,(H2,24,25)(H,26,27)/t14-/m0/s1. The topological polar surface area (TPSA) is 77.2 Å². The molecule has 1 heterocycles. The van der Waals surface area contributed by atoms with Crippen LogP contribution in [0.25, 0.3) is 0 Å². The first-order valence-electron chi connectivity index (χ1n) is 9.05. The van der Waals surface area contributed by atoms with Crippen LogP contribution in [0, 0.1) is 0 Å². The van der Waals surface area contributed by atoms with E-state index in [9.17, 15) is 4.79 Å². The zero-order valence-corrected chi connectivity index (χ0v) is 16.5. The molecule has 0 bridgehead atoms. The number of hydrogen-bond donors (Lipinski definition) is 2. The molecular formula is C22H22ClN3O2. The summed E-state index contributed by atoms with van der Waals surface area (Å²) in [4.78, 5) is 16.7. The van der Waals surface area contributed by atoms with Gasteiger partial charge in [-0.25, -0.2) is 4.98 Å². The molecule has 0 spiro atoms. The second kappa shape index (κ2) is 8.76. The average Bonchev–Trinajstić information content (AvgIpc) is 2.71. The maximum atomic E-state index is 12.6. The Morgan fingerprint density at radius 1 is 1.21 bits per heavy atom. The summed E-state index contributed by atoms with van der Waals surface area (Å²) in [6.45, 7) is 3.97. The number of nitrogen functional groups attached to an aromatic ring is 1. The lowest BCUT2D eigenvalue weighted by Gasteiger charge is -2.22. The van der Waals surface area contributed by atoms with Crippen molar-refractivity contribution in [1.82, 2.24) is 4.98 Å². The van der Waals surface area contributed by atoms with Gasteiger partial charge in [0.1, 0.15) is 6.10 Å². The average molecular weight is 396 g/mol. The van der Waals surface area contributed by atoms with E-state index in [4.69, 9.17) is 22.1 Å². The highest BCUT2D eigenvalue weighted by Gasteiger charge is 2.19. The minimum atomic E-state index is -0.371. The van der Waals surface area contributed by atoms with Crippen molar-refractivity contribution in [3.05, 3.63) is 82.5 Å². The molecule has 6 heteroatoms. The zero-order chi connectivity index (χ0) is 20.1. The fourth-order valence-corrected chi connectivity index (χ4v) is 3.22. The van der Waals surface area contributed by atoms with Crippen LogP contribution in [0.4, 0.5) is 11.5 Å². The molecule has 0 saturated heterocycles. The van der Waals surface area contributed by atoms with Gasteiger partial charge in [-0.15, -0.1) is 0 Å². The molecule has 144 valence electrons. The van der Waals surface area contributed by atoms with Crippen molar-refractivity contribution in [3.8, 4) is 5.75 Å². The zero-order valence-electron chi connectivity index (χ0n) is 15.8. The predicted molar refractivity (Wildman–Crippen MR) is 113 cm³/mol. The van der Waals surface area contributed by atoms with Gasteiger partial charge in [-0.2, -0.15) is 0 Å². The SMILES string of the molecule is CCc1cccc(NC(=O)c2ccccc2)c1[C@H](C)Oc1cc(Cl)cnc1N. The van der Waals surface area contributed by atoms with Crippen molar-refractivity contribution in [2.24, 2.45) is 0 Å². The fourth-order valence-electron chi connectivity index (χ4n) is 3.07. The predicted octanol–water partition coefficient (Wildman–Crippen LogP) is 5.27. The summed E-state index contributed by atoms with van der Waals surface area (Å²) in [5, 5.41) is 3.44. The first kappa shape index (κ1) is 19.7. The molecule has 0 radical (unpaired) electrons. The Balaban J connectivity index is 1.92. The number of anilines is 2. The van der Waals surface area contributed by atoms with Crippen molar-refractivity contribution in [1.29, 1.82) is 0 Å². The summed E-state index contributed by atoms with van der Waals surface area (Å²) < 4.78 is 6.06. The van der Waals surface area contributed by atoms with Gasteiger partial charge in [-0.1, -0.05) is 48.9 Å². The molecule has 0 aliphatic rings.